The lowest BCUT2D eigenvalue weighted by molar-refractivity contribution is -0.0511. The van der Waals surface area contributed by atoms with Gasteiger partial charge in [-0.2, -0.15) is 15.1 Å². The Bertz CT molecular complexity index is 1060. The maximum absolute atomic E-state index is 10.3. The van der Waals surface area contributed by atoms with Gasteiger partial charge in [-0.25, -0.2) is 10.4 Å². The number of anilines is 2. The van der Waals surface area contributed by atoms with Crippen molar-refractivity contribution in [3.05, 3.63) is 41.2 Å². The molecule has 1 saturated heterocycles. The van der Waals surface area contributed by atoms with E-state index in [1.54, 1.807) is 12.1 Å². The molecule has 3 heterocycles. The summed E-state index contributed by atoms with van der Waals surface area (Å²) in [4.78, 5) is 12.6. The Kier molecular flexibility index (Phi) is 5.30. The van der Waals surface area contributed by atoms with E-state index < -0.39 is 31.1 Å². The summed E-state index contributed by atoms with van der Waals surface area (Å²) in [5.74, 6) is 0.183. The summed E-state index contributed by atoms with van der Waals surface area (Å²) in [7, 11) is 0. The highest BCUT2D eigenvalue weighted by Gasteiger charge is 2.44. The molecule has 0 bridgehead atoms. The molecule has 6 N–H and O–H groups in total. The van der Waals surface area contributed by atoms with Crippen LogP contribution in [0.25, 0.3) is 11.2 Å². The van der Waals surface area contributed by atoms with Crippen molar-refractivity contribution in [3.8, 4) is 0 Å². The topological polar surface area (TPSA) is 164 Å². The molecule has 2 aromatic heterocycles. The van der Waals surface area contributed by atoms with Gasteiger partial charge in [0.1, 0.15) is 23.8 Å². The highest BCUT2D eigenvalue weighted by molar-refractivity contribution is 6.33. The number of hydrogen-bond donors (Lipinski definition) is 5. The van der Waals surface area contributed by atoms with E-state index in [1.807, 2.05) is 12.1 Å². The first-order chi connectivity index (χ1) is 14.0. The number of fused-ring (bicyclic) bond motifs is 1. The highest BCUT2D eigenvalue weighted by atomic mass is 35.5. The molecule has 0 spiro atoms. The fourth-order valence-corrected chi connectivity index (χ4v) is 3.21. The van der Waals surface area contributed by atoms with Gasteiger partial charge in [-0.05, 0) is 6.07 Å². The van der Waals surface area contributed by atoms with E-state index in [1.165, 1.54) is 17.1 Å². The molecular weight excluding hydrogens is 402 g/mol. The quantitative estimate of drug-likeness (QED) is 0.285. The fraction of sp³-hybridized carbons (Fsp3) is 0.294. The van der Waals surface area contributed by atoms with Crippen LogP contribution in [0.4, 0.5) is 11.8 Å². The van der Waals surface area contributed by atoms with Crippen LogP contribution >= 0.6 is 11.6 Å². The zero-order valence-electron chi connectivity index (χ0n) is 14.9. The van der Waals surface area contributed by atoms with Crippen molar-refractivity contribution in [3.63, 3.8) is 0 Å². The molecule has 0 radical (unpaired) electrons. The molecule has 11 nitrogen and oxygen atoms in total. The zero-order chi connectivity index (χ0) is 20.5. The molecule has 29 heavy (non-hydrogen) atoms. The normalized spacial score (nSPS) is 24.6. The molecule has 4 rings (SSSR count). The third kappa shape index (κ3) is 3.61. The number of hydrazone groups is 1. The summed E-state index contributed by atoms with van der Waals surface area (Å²) < 4.78 is 6.94. The number of hydrogen-bond acceptors (Lipinski definition) is 10. The summed E-state index contributed by atoms with van der Waals surface area (Å²) in [6.45, 7) is -0.442. The van der Waals surface area contributed by atoms with Gasteiger partial charge in [-0.3, -0.25) is 4.57 Å². The smallest absolute Gasteiger partial charge is 0.247 e. The largest absolute Gasteiger partial charge is 0.394 e. The molecule has 1 aromatic carbocycles. The highest BCUT2D eigenvalue weighted by Crippen LogP contribution is 2.32. The van der Waals surface area contributed by atoms with Crippen LogP contribution in [-0.4, -0.2) is 66.0 Å². The minimum Gasteiger partial charge on any atom is -0.394 e. The Labute approximate surface area is 169 Å². The molecule has 0 saturated carbocycles. The molecule has 0 unspecified atom stereocenters. The second-order valence-electron chi connectivity index (χ2n) is 6.38. The lowest BCUT2D eigenvalue weighted by Crippen LogP contribution is -2.33. The number of benzene rings is 1. The van der Waals surface area contributed by atoms with Crippen LogP contribution in [0.15, 0.2) is 35.7 Å². The third-order valence-electron chi connectivity index (χ3n) is 4.51. The Balaban J connectivity index is 1.63. The van der Waals surface area contributed by atoms with Crippen LogP contribution in [0.2, 0.25) is 5.02 Å². The summed E-state index contributed by atoms with van der Waals surface area (Å²) in [6.07, 6.45) is -1.58. The monoisotopic (exact) mass is 419 g/mol. The molecule has 152 valence electrons. The van der Waals surface area contributed by atoms with E-state index >= 15 is 0 Å². The van der Waals surface area contributed by atoms with Gasteiger partial charge in [0.05, 0.1) is 19.1 Å². The summed E-state index contributed by atoms with van der Waals surface area (Å²) in [6, 6.07) is 7.17. The predicted molar refractivity (Wildman–Crippen MR) is 105 cm³/mol. The molecule has 12 heteroatoms. The fourth-order valence-electron chi connectivity index (χ4n) is 3.02. The molecule has 1 aliphatic heterocycles. The molecular formula is C17H18ClN7O4. The van der Waals surface area contributed by atoms with Crippen LogP contribution in [0, 0.1) is 0 Å². The van der Waals surface area contributed by atoms with Gasteiger partial charge in [-0.15, -0.1) is 0 Å². The second-order valence-corrected chi connectivity index (χ2v) is 6.78. The van der Waals surface area contributed by atoms with E-state index in [9.17, 15) is 15.3 Å². The minimum absolute atomic E-state index is 0.0896. The van der Waals surface area contributed by atoms with Crippen molar-refractivity contribution < 1.29 is 20.1 Å². The average Bonchev–Trinajstić information content (AvgIpc) is 3.25. The van der Waals surface area contributed by atoms with Crippen LogP contribution in [0.3, 0.4) is 0 Å². The molecule has 4 atom stereocenters. The van der Waals surface area contributed by atoms with Crippen LogP contribution in [0.5, 0.6) is 0 Å². The van der Waals surface area contributed by atoms with Gasteiger partial charge in [0.2, 0.25) is 5.95 Å². The number of nitrogens with two attached hydrogens (primary N) is 1. The number of aliphatic hydroxyl groups excluding tert-OH is 3. The molecule has 1 fully saturated rings. The minimum atomic E-state index is -1.28. The van der Waals surface area contributed by atoms with Gasteiger partial charge in [-0.1, -0.05) is 29.8 Å². The average molecular weight is 420 g/mol. The SMILES string of the molecule is Nc1nc(N/N=C/c2ccccc2Cl)nc2c1ncn2[C@@H]1O[C@H](CO)[C@@H](O)[C@H]1O. The number of nitrogens with one attached hydrogen (secondary N) is 1. The van der Waals surface area contributed by atoms with Crippen LogP contribution in [-0.2, 0) is 4.74 Å². The van der Waals surface area contributed by atoms with Crippen molar-refractivity contribution >= 4 is 40.7 Å². The van der Waals surface area contributed by atoms with E-state index in [0.717, 1.165) is 0 Å². The summed E-state index contributed by atoms with van der Waals surface area (Å²) in [5.41, 5.74) is 9.90. The maximum Gasteiger partial charge on any atom is 0.247 e. The van der Waals surface area contributed by atoms with Gasteiger partial charge in [0.25, 0.3) is 0 Å². The summed E-state index contributed by atoms with van der Waals surface area (Å²) >= 11 is 6.08. The Morgan fingerprint density at radius 3 is 2.79 bits per heavy atom. The van der Waals surface area contributed by atoms with Gasteiger partial charge < -0.3 is 25.8 Å². The Hall–Kier alpha value is -2.83. The lowest BCUT2D eigenvalue weighted by Gasteiger charge is -2.16. The van der Waals surface area contributed by atoms with Crippen molar-refractivity contribution in [2.24, 2.45) is 5.10 Å². The molecule has 3 aromatic rings. The third-order valence-corrected chi connectivity index (χ3v) is 4.86. The first-order valence-electron chi connectivity index (χ1n) is 8.65. The van der Waals surface area contributed by atoms with E-state index in [0.29, 0.717) is 16.1 Å². The van der Waals surface area contributed by atoms with Crippen molar-refractivity contribution in [2.75, 3.05) is 17.8 Å². The number of aliphatic hydroxyl groups is 3. The second kappa shape index (κ2) is 7.89. The zero-order valence-corrected chi connectivity index (χ0v) is 15.7. The predicted octanol–water partition coefficient (Wildman–Crippen LogP) is 0.119. The number of imidazole rings is 1. The number of rotatable bonds is 5. The van der Waals surface area contributed by atoms with Crippen molar-refractivity contribution in [2.45, 2.75) is 24.5 Å². The number of nitrogens with zero attached hydrogens (tertiary/aromatic N) is 5. The standard InChI is InChI=1S/C17H18ClN7O4/c18-9-4-2-1-3-8(9)5-21-24-17-22-14(19)11-15(23-17)25(7-20-11)16-13(28)12(27)10(6-26)29-16/h1-5,7,10,12-13,16,26-28H,6H2,(H3,19,22,23,24)/b21-5+/t10-,12-,13-,16-/m1/s1. The Morgan fingerprint density at radius 1 is 1.28 bits per heavy atom. The Morgan fingerprint density at radius 2 is 2.07 bits per heavy atom. The van der Waals surface area contributed by atoms with E-state index in [-0.39, 0.29) is 17.4 Å². The number of halogens is 1. The first kappa shape index (κ1) is 19.5. The van der Waals surface area contributed by atoms with E-state index in [4.69, 9.17) is 22.1 Å². The van der Waals surface area contributed by atoms with E-state index in [2.05, 4.69) is 25.5 Å². The molecule has 0 aliphatic carbocycles. The van der Waals surface area contributed by atoms with Gasteiger partial charge >= 0.3 is 0 Å². The number of ether oxygens (including phenoxy) is 1. The molecule has 1 aliphatic rings. The van der Waals surface area contributed by atoms with Crippen LogP contribution in [0.1, 0.15) is 11.8 Å². The van der Waals surface area contributed by atoms with Crippen molar-refractivity contribution in [1.82, 2.24) is 19.5 Å². The van der Waals surface area contributed by atoms with Crippen LogP contribution < -0.4 is 11.2 Å². The summed E-state index contributed by atoms with van der Waals surface area (Å²) in [5, 5.41) is 34.1. The molecule has 0 amide bonds. The number of aromatic nitrogens is 4. The van der Waals surface area contributed by atoms with Gasteiger partial charge in [0, 0.05) is 10.6 Å². The number of nitrogen functional groups attached to an aromatic ring is 1. The van der Waals surface area contributed by atoms with Gasteiger partial charge in [0.15, 0.2) is 17.7 Å². The lowest BCUT2D eigenvalue weighted by atomic mass is 10.1. The van der Waals surface area contributed by atoms with Crippen molar-refractivity contribution in [1.29, 1.82) is 0 Å². The first-order valence-corrected chi connectivity index (χ1v) is 9.03. The maximum atomic E-state index is 10.3.